The van der Waals surface area contributed by atoms with E-state index >= 15 is 0 Å². The zero-order valence-corrected chi connectivity index (χ0v) is 20.2. The van der Waals surface area contributed by atoms with Crippen molar-refractivity contribution < 1.29 is 37.4 Å². The third-order valence-electron chi connectivity index (χ3n) is 5.60. The molecule has 2 aromatic rings. The first-order chi connectivity index (χ1) is 17.4. The summed E-state index contributed by atoms with van der Waals surface area (Å²) in [6.07, 6.45) is 2.96. The molecule has 1 atom stereocenters. The molecule has 196 valence electrons. The quantitative estimate of drug-likeness (QED) is 0.491. The maximum atomic E-state index is 14.6. The zero-order valence-electron chi connectivity index (χ0n) is 20.2. The van der Waals surface area contributed by atoms with Crippen molar-refractivity contribution in [1.82, 2.24) is 15.0 Å². The molecule has 0 bridgehead atoms. The molecule has 0 spiro atoms. The van der Waals surface area contributed by atoms with Crippen molar-refractivity contribution in [2.24, 2.45) is 0 Å². The average molecular weight is 509 g/mol. The molecule has 2 aliphatic rings. The molecule has 0 radical (unpaired) electrons. The van der Waals surface area contributed by atoms with E-state index < -0.39 is 17.8 Å². The van der Waals surface area contributed by atoms with Gasteiger partial charge in [-0.2, -0.15) is 0 Å². The van der Waals surface area contributed by atoms with Gasteiger partial charge in [-0.1, -0.05) is 0 Å². The van der Waals surface area contributed by atoms with Crippen molar-refractivity contribution in [2.45, 2.75) is 57.8 Å². The normalized spacial score (nSPS) is 18.8. The molecule has 0 aliphatic carbocycles. The van der Waals surface area contributed by atoms with Crippen LogP contribution < -0.4 is 14.8 Å². The summed E-state index contributed by atoms with van der Waals surface area (Å²) in [5, 5.41) is 4.28. The number of aromatic nitrogens is 2. The van der Waals surface area contributed by atoms with Gasteiger partial charge < -0.3 is 29.1 Å². The van der Waals surface area contributed by atoms with Gasteiger partial charge in [0, 0.05) is 50.7 Å². The first-order valence-electron chi connectivity index (χ1n) is 12.0. The van der Waals surface area contributed by atoms with Crippen LogP contribution in [0, 0.1) is 11.6 Å². The number of nitrogens with zero attached hydrogens (tertiary/aromatic N) is 3. The average Bonchev–Trinajstić information content (AvgIpc) is 3.35. The van der Waals surface area contributed by atoms with Crippen LogP contribution in [0.5, 0.6) is 11.6 Å². The van der Waals surface area contributed by atoms with Crippen LogP contribution in [0.1, 0.15) is 39.5 Å². The Morgan fingerprint density at radius 2 is 1.97 bits per heavy atom. The number of ether oxygens (including phenoxy) is 4. The van der Waals surface area contributed by atoms with E-state index in [2.05, 4.69) is 15.3 Å². The Kier molecular flexibility index (Phi) is 8.70. The first-order valence-corrected chi connectivity index (χ1v) is 12.0. The van der Waals surface area contributed by atoms with E-state index in [1.54, 1.807) is 13.8 Å². The summed E-state index contributed by atoms with van der Waals surface area (Å²) in [7, 11) is 0. The van der Waals surface area contributed by atoms with Crippen LogP contribution in [0.25, 0.3) is 0 Å². The molecule has 2 fully saturated rings. The van der Waals surface area contributed by atoms with Crippen molar-refractivity contribution in [3.8, 4) is 11.6 Å². The predicted molar refractivity (Wildman–Crippen MR) is 124 cm³/mol. The van der Waals surface area contributed by atoms with Crippen LogP contribution >= 0.6 is 0 Å². The largest absolute Gasteiger partial charge is 0.528 e. The molecule has 2 saturated heterocycles. The van der Waals surface area contributed by atoms with Crippen LogP contribution in [0.15, 0.2) is 24.5 Å². The van der Waals surface area contributed by atoms with Gasteiger partial charge in [-0.3, -0.25) is 0 Å². The predicted octanol–water partition coefficient (Wildman–Crippen LogP) is 4.38. The number of anilines is 2. The summed E-state index contributed by atoms with van der Waals surface area (Å²) >= 11 is 0. The van der Waals surface area contributed by atoms with E-state index in [4.69, 9.17) is 23.8 Å². The smallest absolute Gasteiger partial charge is 0.488 e. The Morgan fingerprint density at radius 3 is 2.69 bits per heavy atom. The molecule has 1 N–H and O–H groups in total. The van der Waals surface area contributed by atoms with Gasteiger partial charge in [0.25, 0.3) is 0 Å². The van der Waals surface area contributed by atoms with Crippen LogP contribution in [0.2, 0.25) is 0 Å². The van der Waals surface area contributed by atoms with E-state index in [0.717, 1.165) is 25.0 Å². The minimum Gasteiger partial charge on any atom is -0.488 e. The highest BCUT2D eigenvalue weighted by Crippen LogP contribution is 2.28. The van der Waals surface area contributed by atoms with E-state index in [1.165, 1.54) is 17.5 Å². The van der Waals surface area contributed by atoms with Crippen molar-refractivity contribution in [3.05, 3.63) is 36.2 Å². The number of nitrogens with one attached hydrogen (secondary N) is 1. The van der Waals surface area contributed by atoms with E-state index in [0.29, 0.717) is 32.5 Å². The minimum atomic E-state index is -0.734. The number of hydroxylamine groups is 2. The van der Waals surface area contributed by atoms with Gasteiger partial charge in [0.2, 0.25) is 5.88 Å². The van der Waals surface area contributed by atoms with Crippen LogP contribution in [0.4, 0.5) is 25.1 Å². The number of carbonyl (C=O) groups is 1. The molecule has 10 nitrogen and oxygen atoms in total. The fourth-order valence-corrected chi connectivity index (χ4v) is 3.84. The molecule has 0 saturated carbocycles. The lowest BCUT2D eigenvalue weighted by Crippen LogP contribution is -2.40. The summed E-state index contributed by atoms with van der Waals surface area (Å²) in [4.78, 5) is 24.9. The number of halogens is 2. The Bertz CT molecular complexity index is 1030. The lowest BCUT2D eigenvalue weighted by molar-refractivity contribution is -0.151. The maximum absolute atomic E-state index is 14.6. The van der Waals surface area contributed by atoms with E-state index in [-0.39, 0.29) is 48.1 Å². The molecule has 36 heavy (non-hydrogen) atoms. The van der Waals surface area contributed by atoms with Crippen molar-refractivity contribution in [2.75, 3.05) is 31.6 Å². The molecule has 1 unspecified atom stereocenters. The number of rotatable bonds is 9. The summed E-state index contributed by atoms with van der Waals surface area (Å²) in [6.45, 7) is 5.26. The van der Waals surface area contributed by atoms with Crippen LogP contribution in [0.3, 0.4) is 0 Å². The second kappa shape index (κ2) is 12.1. The van der Waals surface area contributed by atoms with Gasteiger partial charge in [0.15, 0.2) is 17.4 Å². The van der Waals surface area contributed by atoms with Crippen LogP contribution in [-0.2, 0) is 14.3 Å². The second-order valence-corrected chi connectivity index (χ2v) is 8.83. The first kappa shape index (κ1) is 25.8. The summed E-state index contributed by atoms with van der Waals surface area (Å²) < 4.78 is 50.8. The Hall–Kier alpha value is -3.25. The fourth-order valence-electron chi connectivity index (χ4n) is 3.84. The molecule has 1 aromatic heterocycles. The van der Waals surface area contributed by atoms with Crippen molar-refractivity contribution in [1.29, 1.82) is 0 Å². The van der Waals surface area contributed by atoms with Gasteiger partial charge in [-0.05, 0) is 26.7 Å². The maximum Gasteiger partial charge on any atom is 0.528 e. The highest BCUT2D eigenvalue weighted by molar-refractivity contribution is 5.60. The molecule has 1 aromatic carbocycles. The molecular weight excluding hydrogens is 478 g/mol. The molecule has 2 aliphatic heterocycles. The Balaban J connectivity index is 1.29. The second-order valence-electron chi connectivity index (χ2n) is 8.83. The van der Waals surface area contributed by atoms with Gasteiger partial charge in [-0.15, -0.1) is 5.06 Å². The van der Waals surface area contributed by atoms with Crippen LogP contribution in [-0.4, -0.2) is 65.8 Å². The number of hydrogen-bond donors (Lipinski definition) is 1. The van der Waals surface area contributed by atoms with Gasteiger partial charge in [0.05, 0.1) is 17.9 Å². The third-order valence-corrected chi connectivity index (χ3v) is 5.60. The Labute approximate surface area is 207 Å². The van der Waals surface area contributed by atoms with Gasteiger partial charge in [0.1, 0.15) is 24.9 Å². The van der Waals surface area contributed by atoms with Gasteiger partial charge in [-0.25, -0.2) is 23.5 Å². The summed E-state index contributed by atoms with van der Waals surface area (Å²) in [5.41, 5.74) is -0.0969. The number of piperidine rings is 1. The summed E-state index contributed by atoms with van der Waals surface area (Å²) in [6, 6.07) is 3.52. The highest BCUT2D eigenvalue weighted by Gasteiger charge is 2.25. The number of hydrogen-bond acceptors (Lipinski definition) is 10. The lowest BCUT2D eigenvalue weighted by Gasteiger charge is -2.30. The van der Waals surface area contributed by atoms with Gasteiger partial charge >= 0.3 is 6.16 Å². The molecule has 0 amide bonds. The monoisotopic (exact) mass is 508 g/mol. The molecular formula is C24H30F2N4O6. The number of benzene rings is 1. The topological polar surface area (TPSA) is 104 Å². The van der Waals surface area contributed by atoms with Crippen molar-refractivity contribution >= 4 is 17.7 Å². The van der Waals surface area contributed by atoms with Crippen molar-refractivity contribution in [3.63, 3.8) is 0 Å². The third kappa shape index (κ3) is 7.37. The Morgan fingerprint density at radius 1 is 1.17 bits per heavy atom. The van der Waals surface area contributed by atoms with E-state index in [1.807, 2.05) is 0 Å². The number of carbonyl (C=O) groups excluding carboxylic acids is 1. The lowest BCUT2D eigenvalue weighted by atomic mass is 10.1. The van der Waals surface area contributed by atoms with E-state index in [9.17, 15) is 13.6 Å². The zero-order chi connectivity index (χ0) is 25.5. The highest BCUT2D eigenvalue weighted by atomic mass is 19.1. The summed E-state index contributed by atoms with van der Waals surface area (Å²) in [5.74, 6) is -1.04. The molecule has 4 rings (SSSR count). The SMILES string of the molecule is CC(C)OC(=O)ON1CCC(Oc2cc(Nc3cc(F)c(OCC4CCCO4)cc3F)ncn2)CC1. The standard InChI is InChI=1S/C24H30F2N4O6/c1-15(2)34-24(31)36-30-7-5-16(6-8-30)35-23-12-22(27-14-28-23)29-20-10-19(26)21(11-18(20)25)33-13-17-4-3-9-32-17/h10-12,14-17H,3-9,13H2,1-2H3,(H,27,28,29). The molecule has 3 heterocycles. The fraction of sp³-hybridized carbons (Fsp3) is 0.542. The minimum absolute atomic E-state index is 0.0969. The molecule has 12 heteroatoms.